The smallest absolute Gasteiger partial charge is 0.295 e. The molecule has 0 unspecified atom stereocenters. The zero-order valence-electron chi connectivity index (χ0n) is 11.3. The van der Waals surface area contributed by atoms with Crippen LogP contribution in [0.4, 0.5) is 5.69 Å². The Bertz CT molecular complexity index is 756. The van der Waals surface area contributed by atoms with E-state index in [2.05, 4.69) is 25.5 Å². The van der Waals surface area contributed by atoms with E-state index in [1.807, 2.05) is 44.3 Å². The summed E-state index contributed by atoms with van der Waals surface area (Å²) in [5.41, 5.74) is 1.75. The lowest BCUT2D eigenvalue weighted by atomic mass is 10.2. The molecule has 0 atom stereocenters. The minimum absolute atomic E-state index is 0.155. The molecule has 0 aliphatic carbocycles. The van der Waals surface area contributed by atoms with Gasteiger partial charge >= 0.3 is 0 Å². The molecule has 0 fully saturated rings. The first-order valence-corrected chi connectivity index (χ1v) is 6.44. The van der Waals surface area contributed by atoms with Crippen LogP contribution in [0.5, 0.6) is 0 Å². The van der Waals surface area contributed by atoms with Crippen molar-refractivity contribution < 1.29 is 4.79 Å². The topological polar surface area (TPSA) is 86.5 Å². The highest BCUT2D eigenvalue weighted by molar-refractivity contribution is 6.02. The molecule has 0 aliphatic rings. The fourth-order valence-electron chi connectivity index (χ4n) is 1.95. The van der Waals surface area contributed by atoms with Gasteiger partial charge in [0.1, 0.15) is 5.82 Å². The maximum Gasteiger partial charge on any atom is 0.295 e. The number of rotatable bonds is 3. The van der Waals surface area contributed by atoms with Crippen LogP contribution in [0.25, 0.3) is 10.9 Å². The van der Waals surface area contributed by atoms with Gasteiger partial charge in [-0.3, -0.25) is 9.89 Å². The highest BCUT2D eigenvalue weighted by Crippen LogP contribution is 2.18. The molecule has 3 N–H and O–H groups in total. The molecule has 6 heteroatoms. The van der Waals surface area contributed by atoms with Crippen molar-refractivity contribution in [2.75, 3.05) is 5.32 Å². The van der Waals surface area contributed by atoms with Gasteiger partial charge in [0.25, 0.3) is 5.91 Å². The van der Waals surface area contributed by atoms with Crippen LogP contribution in [0.15, 0.2) is 30.5 Å². The fraction of sp³-hybridized carbons (Fsp3) is 0.214. The number of hydrogen-bond acceptors (Lipinski definition) is 3. The summed E-state index contributed by atoms with van der Waals surface area (Å²) in [7, 11) is 0. The standard InChI is InChI=1S/C14H15N5O/c1-8(2)12-17-13(19-18-12)14(20)16-10-3-4-11-9(7-10)5-6-15-11/h3-8,15H,1-2H3,(H,16,20)(H,17,18,19). The number of carbonyl (C=O) groups is 1. The van der Waals surface area contributed by atoms with Gasteiger partial charge in [0, 0.05) is 28.7 Å². The number of hydrogen-bond donors (Lipinski definition) is 3. The molecule has 3 aromatic rings. The number of fused-ring (bicyclic) bond motifs is 1. The van der Waals surface area contributed by atoms with Gasteiger partial charge in [0.2, 0.25) is 5.82 Å². The van der Waals surface area contributed by atoms with Crippen LogP contribution in [-0.2, 0) is 0 Å². The normalized spacial score (nSPS) is 11.2. The first-order chi connectivity index (χ1) is 9.63. The fourth-order valence-corrected chi connectivity index (χ4v) is 1.95. The second-order valence-electron chi connectivity index (χ2n) is 4.93. The summed E-state index contributed by atoms with van der Waals surface area (Å²) in [5.74, 6) is 0.752. The number of carbonyl (C=O) groups excluding carboxylic acids is 1. The average Bonchev–Trinajstić information content (AvgIpc) is 3.07. The van der Waals surface area contributed by atoms with Gasteiger partial charge in [0.15, 0.2) is 0 Å². The van der Waals surface area contributed by atoms with Crippen LogP contribution in [0, 0.1) is 0 Å². The molecule has 1 aromatic carbocycles. The van der Waals surface area contributed by atoms with Crippen LogP contribution < -0.4 is 5.32 Å². The maximum absolute atomic E-state index is 12.1. The van der Waals surface area contributed by atoms with Crippen molar-refractivity contribution in [1.29, 1.82) is 0 Å². The molecule has 1 amide bonds. The quantitative estimate of drug-likeness (QED) is 0.683. The van der Waals surface area contributed by atoms with Crippen molar-refractivity contribution in [1.82, 2.24) is 20.2 Å². The van der Waals surface area contributed by atoms with Crippen LogP contribution in [-0.4, -0.2) is 26.1 Å². The second kappa shape index (κ2) is 4.80. The molecule has 2 aromatic heterocycles. The Kier molecular flexibility index (Phi) is 2.98. The first kappa shape index (κ1) is 12.4. The maximum atomic E-state index is 12.1. The average molecular weight is 269 g/mol. The largest absolute Gasteiger partial charge is 0.361 e. The molecule has 0 spiro atoms. The van der Waals surface area contributed by atoms with Crippen molar-refractivity contribution in [3.63, 3.8) is 0 Å². The lowest BCUT2D eigenvalue weighted by Crippen LogP contribution is -2.13. The number of H-pyrrole nitrogens is 2. The minimum atomic E-state index is -0.317. The minimum Gasteiger partial charge on any atom is -0.361 e. The van der Waals surface area contributed by atoms with E-state index < -0.39 is 0 Å². The number of nitrogens with one attached hydrogen (secondary N) is 3. The third kappa shape index (κ3) is 2.27. The molecule has 102 valence electrons. The Balaban J connectivity index is 1.80. The van der Waals surface area contributed by atoms with Crippen LogP contribution in [0.1, 0.15) is 36.2 Å². The van der Waals surface area contributed by atoms with E-state index in [9.17, 15) is 4.79 Å². The van der Waals surface area contributed by atoms with E-state index in [0.717, 1.165) is 16.6 Å². The van der Waals surface area contributed by atoms with Gasteiger partial charge in [-0.1, -0.05) is 13.8 Å². The van der Waals surface area contributed by atoms with Crippen molar-refractivity contribution in [3.05, 3.63) is 42.1 Å². The first-order valence-electron chi connectivity index (χ1n) is 6.44. The molecular formula is C14H15N5O. The van der Waals surface area contributed by atoms with Crippen LogP contribution >= 0.6 is 0 Å². The molecule has 0 aliphatic heterocycles. The molecule has 0 saturated heterocycles. The molecular weight excluding hydrogens is 254 g/mol. The number of nitrogens with zero attached hydrogens (tertiary/aromatic N) is 2. The van der Waals surface area contributed by atoms with E-state index in [-0.39, 0.29) is 17.6 Å². The number of benzene rings is 1. The molecule has 0 bridgehead atoms. The highest BCUT2D eigenvalue weighted by atomic mass is 16.2. The Morgan fingerprint density at radius 1 is 1.30 bits per heavy atom. The van der Waals surface area contributed by atoms with Crippen molar-refractivity contribution >= 4 is 22.5 Å². The van der Waals surface area contributed by atoms with Gasteiger partial charge in [0.05, 0.1) is 0 Å². The SMILES string of the molecule is CC(C)c1nc(C(=O)Nc2ccc3[nH]ccc3c2)n[nH]1. The summed E-state index contributed by atoms with van der Waals surface area (Å²) in [6, 6.07) is 7.61. The summed E-state index contributed by atoms with van der Waals surface area (Å²) in [6.45, 7) is 3.98. The van der Waals surface area contributed by atoms with E-state index >= 15 is 0 Å². The summed E-state index contributed by atoms with van der Waals surface area (Å²) in [5, 5.41) is 10.5. The number of aromatic nitrogens is 4. The predicted octanol–water partition coefficient (Wildman–Crippen LogP) is 2.66. The van der Waals surface area contributed by atoms with Gasteiger partial charge in [-0.2, -0.15) is 0 Å². The summed E-state index contributed by atoms with van der Waals surface area (Å²) >= 11 is 0. The summed E-state index contributed by atoms with van der Waals surface area (Å²) in [4.78, 5) is 19.3. The van der Waals surface area contributed by atoms with Crippen LogP contribution in [0.2, 0.25) is 0 Å². The third-order valence-electron chi connectivity index (χ3n) is 3.06. The molecule has 0 radical (unpaired) electrons. The molecule has 0 saturated carbocycles. The molecule has 20 heavy (non-hydrogen) atoms. The van der Waals surface area contributed by atoms with E-state index in [1.165, 1.54) is 0 Å². The molecule has 6 nitrogen and oxygen atoms in total. The second-order valence-corrected chi connectivity index (χ2v) is 4.93. The summed E-state index contributed by atoms with van der Waals surface area (Å²) < 4.78 is 0. The zero-order chi connectivity index (χ0) is 14.1. The Morgan fingerprint density at radius 3 is 2.90 bits per heavy atom. The molecule has 3 rings (SSSR count). The van der Waals surface area contributed by atoms with Gasteiger partial charge in [-0.25, -0.2) is 4.98 Å². The van der Waals surface area contributed by atoms with E-state index in [1.54, 1.807) is 0 Å². The zero-order valence-corrected chi connectivity index (χ0v) is 11.3. The number of anilines is 1. The lowest BCUT2D eigenvalue weighted by Gasteiger charge is -2.02. The van der Waals surface area contributed by atoms with Gasteiger partial charge in [-0.15, -0.1) is 5.10 Å². The highest BCUT2D eigenvalue weighted by Gasteiger charge is 2.14. The monoisotopic (exact) mass is 269 g/mol. The Hall–Kier alpha value is -2.63. The van der Waals surface area contributed by atoms with Crippen molar-refractivity contribution in [2.24, 2.45) is 0 Å². The number of amides is 1. The third-order valence-corrected chi connectivity index (χ3v) is 3.06. The van der Waals surface area contributed by atoms with Crippen molar-refractivity contribution in [2.45, 2.75) is 19.8 Å². The van der Waals surface area contributed by atoms with Crippen molar-refractivity contribution in [3.8, 4) is 0 Å². The Morgan fingerprint density at radius 2 is 2.15 bits per heavy atom. The lowest BCUT2D eigenvalue weighted by molar-refractivity contribution is 0.101. The van der Waals surface area contributed by atoms with E-state index in [4.69, 9.17) is 0 Å². The van der Waals surface area contributed by atoms with E-state index in [0.29, 0.717) is 5.82 Å². The molecule has 2 heterocycles. The summed E-state index contributed by atoms with van der Waals surface area (Å²) in [6.07, 6.45) is 1.86. The van der Waals surface area contributed by atoms with Gasteiger partial charge in [-0.05, 0) is 24.3 Å². The van der Waals surface area contributed by atoms with Gasteiger partial charge < -0.3 is 10.3 Å². The van der Waals surface area contributed by atoms with Crippen LogP contribution in [0.3, 0.4) is 0 Å². The predicted molar refractivity (Wildman–Crippen MR) is 76.7 cm³/mol. The Labute approximate surface area is 115 Å². The number of aromatic amines is 2.